The SMILES string of the molecule is CC(C)=CCCC(C)=CCCC(C)=CCCC(C)=CCCC(C)=CCCC(C)=CCCC(C)=CCCC(C)=CCCC(C)=CCC1=CC(=O)C=CC1=O. The van der Waals surface area contributed by atoms with E-state index in [4.69, 9.17) is 0 Å². The molecule has 0 radical (unpaired) electrons. The van der Waals surface area contributed by atoms with Crippen LogP contribution in [0.4, 0.5) is 0 Å². The van der Waals surface area contributed by atoms with Crippen molar-refractivity contribution in [2.24, 2.45) is 0 Å². The fourth-order valence-corrected chi connectivity index (χ4v) is 6.23. The molecule has 0 spiro atoms. The normalized spacial score (nSPS) is 15.8. The minimum Gasteiger partial charge on any atom is -0.290 e. The molecule has 0 atom stereocenters. The van der Waals surface area contributed by atoms with Gasteiger partial charge in [-0.25, -0.2) is 0 Å². The van der Waals surface area contributed by atoms with Crippen LogP contribution in [0.15, 0.2) is 129 Å². The van der Waals surface area contributed by atoms with Gasteiger partial charge in [0.15, 0.2) is 11.6 Å². The zero-order valence-electron chi connectivity index (χ0n) is 35.8. The van der Waals surface area contributed by atoms with Crippen LogP contribution in [0.25, 0.3) is 0 Å². The van der Waals surface area contributed by atoms with Gasteiger partial charge in [0.25, 0.3) is 0 Å². The summed E-state index contributed by atoms with van der Waals surface area (Å²) in [6, 6.07) is 0. The zero-order chi connectivity index (χ0) is 39.4. The predicted octanol–water partition coefficient (Wildman–Crippen LogP) is 15.8. The van der Waals surface area contributed by atoms with Crippen molar-refractivity contribution >= 4 is 11.6 Å². The van der Waals surface area contributed by atoms with Gasteiger partial charge in [0.05, 0.1) is 0 Å². The van der Waals surface area contributed by atoms with Crippen molar-refractivity contribution in [3.8, 4) is 0 Å². The van der Waals surface area contributed by atoms with Gasteiger partial charge < -0.3 is 0 Å². The smallest absolute Gasteiger partial charge is 0.182 e. The molecule has 0 fully saturated rings. The van der Waals surface area contributed by atoms with Gasteiger partial charge in [0.2, 0.25) is 0 Å². The summed E-state index contributed by atoms with van der Waals surface area (Å²) in [5.74, 6) is -0.151. The number of hydrogen-bond acceptors (Lipinski definition) is 2. The lowest BCUT2D eigenvalue weighted by atomic mass is 9.98. The van der Waals surface area contributed by atoms with Crippen LogP contribution in [0.2, 0.25) is 0 Å². The molecule has 0 heterocycles. The number of carbonyl (C=O) groups excluding carboxylic acids is 2. The van der Waals surface area contributed by atoms with E-state index < -0.39 is 0 Å². The monoisotopic (exact) mass is 721 g/mol. The Hall–Kier alpha value is -3.52. The molecule has 0 aromatic rings. The summed E-state index contributed by atoms with van der Waals surface area (Å²) in [5.41, 5.74) is 13.7. The molecule has 1 rings (SSSR count). The Morgan fingerprint density at radius 1 is 0.377 bits per heavy atom. The largest absolute Gasteiger partial charge is 0.290 e. The Labute approximate surface area is 327 Å². The van der Waals surface area contributed by atoms with Crippen LogP contribution in [0, 0.1) is 0 Å². The molecule has 0 bridgehead atoms. The van der Waals surface area contributed by atoms with Crippen molar-refractivity contribution in [1.82, 2.24) is 0 Å². The summed E-state index contributed by atoms with van der Waals surface area (Å²) < 4.78 is 0. The second kappa shape index (κ2) is 28.9. The molecule has 2 nitrogen and oxygen atoms in total. The molecular weight excluding hydrogens is 645 g/mol. The van der Waals surface area contributed by atoms with E-state index in [1.807, 2.05) is 0 Å². The first-order valence-corrected chi connectivity index (χ1v) is 20.6. The summed E-state index contributed by atoms with van der Waals surface area (Å²) in [5, 5.41) is 0. The molecule has 0 aromatic heterocycles. The number of rotatable bonds is 26. The van der Waals surface area contributed by atoms with Crippen LogP contribution in [-0.4, -0.2) is 11.6 Å². The van der Waals surface area contributed by atoms with Crippen molar-refractivity contribution < 1.29 is 9.59 Å². The average Bonchev–Trinajstić information content (AvgIpc) is 3.08. The van der Waals surface area contributed by atoms with E-state index in [0.717, 1.165) is 83.5 Å². The van der Waals surface area contributed by atoms with Crippen LogP contribution < -0.4 is 0 Å². The standard InChI is InChI=1S/C51H76O2/c1-40(2)19-11-20-41(3)21-12-22-42(4)23-13-24-43(5)25-14-26-44(6)27-15-28-45(7)29-16-30-46(8)31-17-32-47(9)33-18-34-48(10)35-36-49-39-50(52)37-38-51(49)53/h19,21,23,25,27,29,31,33,35,37-39H,11-18,20,22,24,26,28,30,32,34,36H2,1-10H3. The fraction of sp³-hybridized carbons (Fsp3) is 0.529. The molecule has 0 N–H and O–H groups in total. The summed E-state index contributed by atoms with van der Waals surface area (Å²) in [6.45, 7) is 22.4. The molecule has 0 unspecified atom stereocenters. The van der Waals surface area contributed by atoms with Crippen molar-refractivity contribution in [3.05, 3.63) is 129 Å². The topological polar surface area (TPSA) is 34.1 Å². The molecule has 0 aliphatic heterocycles. The lowest BCUT2D eigenvalue weighted by molar-refractivity contribution is -0.114. The fourth-order valence-electron chi connectivity index (χ4n) is 6.23. The lowest BCUT2D eigenvalue weighted by Crippen LogP contribution is -2.06. The van der Waals surface area contributed by atoms with Gasteiger partial charge >= 0.3 is 0 Å². The van der Waals surface area contributed by atoms with E-state index in [2.05, 4.69) is 124 Å². The third-order valence-corrected chi connectivity index (χ3v) is 10.0. The summed E-state index contributed by atoms with van der Waals surface area (Å²) in [4.78, 5) is 23.4. The Kier molecular flexibility index (Phi) is 25.9. The van der Waals surface area contributed by atoms with E-state index in [1.54, 1.807) is 0 Å². The quantitative estimate of drug-likeness (QED) is 0.0658. The molecule has 0 amide bonds. The highest BCUT2D eigenvalue weighted by Crippen LogP contribution is 2.18. The Morgan fingerprint density at radius 3 is 0.925 bits per heavy atom. The predicted molar refractivity (Wildman–Crippen MR) is 235 cm³/mol. The van der Waals surface area contributed by atoms with Crippen molar-refractivity contribution in [2.75, 3.05) is 0 Å². The highest BCUT2D eigenvalue weighted by atomic mass is 16.1. The third kappa shape index (κ3) is 26.8. The highest BCUT2D eigenvalue weighted by Gasteiger charge is 2.11. The first kappa shape index (κ1) is 47.5. The lowest BCUT2D eigenvalue weighted by Gasteiger charge is -2.05. The average molecular weight is 721 g/mol. The Bertz CT molecular complexity index is 1490. The summed E-state index contributed by atoms with van der Waals surface area (Å²) in [7, 11) is 0. The van der Waals surface area contributed by atoms with E-state index in [-0.39, 0.29) is 11.6 Å². The van der Waals surface area contributed by atoms with Crippen LogP contribution in [-0.2, 0) is 9.59 Å². The maximum absolute atomic E-state index is 11.9. The first-order chi connectivity index (χ1) is 25.2. The van der Waals surface area contributed by atoms with Crippen molar-refractivity contribution in [3.63, 3.8) is 0 Å². The van der Waals surface area contributed by atoms with Crippen molar-refractivity contribution in [2.45, 2.75) is 178 Å². The van der Waals surface area contributed by atoms with Gasteiger partial charge in [-0.2, -0.15) is 0 Å². The zero-order valence-corrected chi connectivity index (χ0v) is 35.8. The minimum atomic E-state index is -0.0977. The number of carbonyl (C=O) groups is 2. The summed E-state index contributed by atoms with van der Waals surface area (Å²) in [6.07, 6.45) is 44.1. The molecule has 292 valence electrons. The van der Waals surface area contributed by atoms with Crippen LogP contribution in [0.3, 0.4) is 0 Å². The Morgan fingerprint density at radius 2 is 0.642 bits per heavy atom. The number of allylic oxidation sites excluding steroid dienone is 22. The molecular formula is C51H76O2. The molecule has 0 saturated heterocycles. The van der Waals surface area contributed by atoms with E-state index in [9.17, 15) is 9.59 Å². The van der Waals surface area contributed by atoms with Crippen LogP contribution in [0.5, 0.6) is 0 Å². The maximum Gasteiger partial charge on any atom is 0.182 e. The van der Waals surface area contributed by atoms with Crippen LogP contribution >= 0.6 is 0 Å². The van der Waals surface area contributed by atoms with Crippen molar-refractivity contribution in [1.29, 1.82) is 0 Å². The number of hydrogen-bond donors (Lipinski definition) is 0. The van der Waals surface area contributed by atoms with Gasteiger partial charge in [-0.05, 0) is 197 Å². The maximum atomic E-state index is 11.9. The molecule has 0 aromatic carbocycles. The molecule has 2 heteroatoms. The van der Waals surface area contributed by atoms with Crippen LogP contribution in [0.1, 0.15) is 178 Å². The molecule has 1 aliphatic carbocycles. The van der Waals surface area contributed by atoms with E-state index >= 15 is 0 Å². The minimum absolute atomic E-state index is 0.0532. The van der Waals surface area contributed by atoms with Gasteiger partial charge in [-0.15, -0.1) is 0 Å². The highest BCUT2D eigenvalue weighted by molar-refractivity contribution is 6.17. The molecule has 53 heavy (non-hydrogen) atoms. The first-order valence-electron chi connectivity index (χ1n) is 20.6. The Balaban J connectivity index is 2.24. The van der Waals surface area contributed by atoms with Gasteiger partial charge in [-0.1, -0.05) is 105 Å². The second-order valence-electron chi connectivity index (χ2n) is 16.0. The third-order valence-electron chi connectivity index (χ3n) is 10.0. The van der Waals surface area contributed by atoms with Gasteiger partial charge in [-0.3, -0.25) is 9.59 Å². The molecule has 1 aliphatic rings. The second-order valence-corrected chi connectivity index (χ2v) is 16.0. The number of ketones is 2. The molecule has 0 saturated carbocycles. The van der Waals surface area contributed by atoms with Gasteiger partial charge in [0, 0.05) is 5.57 Å². The summed E-state index contributed by atoms with van der Waals surface area (Å²) >= 11 is 0. The van der Waals surface area contributed by atoms with E-state index in [0.29, 0.717) is 12.0 Å². The van der Waals surface area contributed by atoms with Gasteiger partial charge in [0.1, 0.15) is 0 Å². The van der Waals surface area contributed by atoms with E-state index in [1.165, 1.54) is 87.6 Å².